The van der Waals surface area contributed by atoms with Gasteiger partial charge in [-0.1, -0.05) is 49.0 Å². The molecule has 2 aromatic rings. The zero-order chi connectivity index (χ0) is 15.4. The summed E-state index contributed by atoms with van der Waals surface area (Å²) in [6, 6.07) is 14.3. The molecule has 0 aromatic heterocycles. The molecule has 0 atom stereocenters. The highest BCUT2D eigenvalue weighted by Crippen LogP contribution is 2.28. The first-order chi connectivity index (χ1) is 9.99. The lowest BCUT2D eigenvalue weighted by atomic mass is 9.91. The topological polar surface area (TPSA) is 55.1 Å². The van der Waals surface area contributed by atoms with Crippen LogP contribution in [0.15, 0.2) is 54.9 Å². The van der Waals surface area contributed by atoms with Gasteiger partial charge in [-0.25, -0.2) is 0 Å². The number of benzene rings is 2. The van der Waals surface area contributed by atoms with E-state index >= 15 is 0 Å². The van der Waals surface area contributed by atoms with Crippen molar-refractivity contribution >= 4 is 5.91 Å². The summed E-state index contributed by atoms with van der Waals surface area (Å²) in [4.78, 5) is 11.9. The van der Waals surface area contributed by atoms with Crippen LogP contribution in [-0.2, 0) is 11.2 Å². The number of aryl methyl sites for hydroxylation is 1. The van der Waals surface area contributed by atoms with Crippen LogP contribution in [0.3, 0.4) is 0 Å². The monoisotopic (exact) mass is 280 g/mol. The molecule has 0 saturated heterocycles. The molecule has 0 saturated carbocycles. The van der Waals surface area contributed by atoms with Gasteiger partial charge in [0.05, 0.1) is 12.2 Å². The van der Waals surface area contributed by atoms with Crippen LogP contribution in [0.5, 0.6) is 0 Å². The number of nitrogens with two attached hydrogens (primary N) is 1. The molecule has 3 N–H and O–H groups in total. The van der Waals surface area contributed by atoms with Crippen molar-refractivity contribution in [2.24, 2.45) is 5.73 Å². The van der Waals surface area contributed by atoms with E-state index in [0.717, 1.165) is 27.8 Å². The van der Waals surface area contributed by atoms with Crippen molar-refractivity contribution in [3.63, 3.8) is 0 Å². The number of carbonyl (C=O) groups is 1. The van der Waals surface area contributed by atoms with Crippen molar-refractivity contribution < 1.29 is 4.79 Å². The Labute approximate surface area is 125 Å². The molecule has 0 aliphatic heterocycles. The third kappa shape index (κ3) is 3.51. The summed E-state index contributed by atoms with van der Waals surface area (Å²) in [5, 5.41) is 2.55. The smallest absolute Gasteiger partial charge is 0.229 e. The molecule has 0 spiro atoms. The average Bonchev–Trinajstić information content (AvgIpc) is 2.43. The van der Waals surface area contributed by atoms with Gasteiger partial charge in [-0.15, -0.1) is 0 Å². The zero-order valence-electron chi connectivity index (χ0n) is 12.4. The fourth-order valence-corrected chi connectivity index (χ4v) is 2.48. The quantitative estimate of drug-likeness (QED) is 0.904. The maximum absolute atomic E-state index is 11.9. The molecule has 21 heavy (non-hydrogen) atoms. The van der Waals surface area contributed by atoms with Gasteiger partial charge in [0, 0.05) is 0 Å². The van der Waals surface area contributed by atoms with E-state index in [1.54, 1.807) is 0 Å². The van der Waals surface area contributed by atoms with Gasteiger partial charge in [0.2, 0.25) is 5.91 Å². The van der Waals surface area contributed by atoms with Crippen molar-refractivity contribution in [3.8, 4) is 11.1 Å². The van der Waals surface area contributed by atoms with E-state index in [1.807, 2.05) is 25.1 Å². The number of amides is 1. The first kappa shape index (κ1) is 14.9. The molecule has 0 unspecified atom stereocenters. The van der Waals surface area contributed by atoms with E-state index in [9.17, 15) is 4.79 Å². The lowest BCUT2D eigenvalue weighted by Gasteiger charge is -2.14. The van der Waals surface area contributed by atoms with Crippen LogP contribution in [0, 0.1) is 13.8 Å². The minimum absolute atomic E-state index is 0.140. The van der Waals surface area contributed by atoms with Crippen molar-refractivity contribution in [3.05, 3.63) is 71.6 Å². The first-order valence-electron chi connectivity index (χ1n) is 6.87. The van der Waals surface area contributed by atoms with Crippen molar-refractivity contribution in [1.82, 2.24) is 5.32 Å². The Morgan fingerprint density at radius 1 is 1.14 bits per heavy atom. The summed E-state index contributed by atoms with van der Waals surface area (Å²) in [6.45, 7) is 7.56. The number of hydrogen-bond donors (Lipinski definition) is 2. The molecule has 0 aliphatic carbocycles. The van der Waals surface area contributed by atoms with Gasteiger partial charge < -0.3 is 11.1 Å². The van der Waals surface area contributed by atoms with Crippen LogP contribution in [0.2, 0.25) is 0 Å². The highest BCUT2D eigenvalue weighted by Gasteiger charge is 2.12. The molecule has 0 bridgehead atoms. The molecule has 1 amide bonds. The fraction of sp³-hybridized carbons (Fsp3) is 0.167. The molecular formula is C18H20N2O. The van der Waals surface area contributed by atoms with E-state index in [0.29, 0.717) is 6.42 Å². The van der Waals surface area contributed by atoms with Gasteiger partial charge in [-0.05, 0) is 41.7 Å². The standard InChI is InChI=1S/C18H20N2O/c1-12-9-10-16(15-7-5-4-6-8-15)13(2)17(12)11-18(21)20-14(3)19/h4-10H,3,11,19H2,1-2H3,(H,20,21). The maximum atomic E-state index is 11.9. The normalized spacial score (nSPS) is 10.2. The van der Waals surface area contributed by atoms with Gasteiger partial charge in [-0.3, -0.25) is 4.79 Å². The van der Waals surface area contributed by atoms with Crippen LogP contribution in [0.25, 0.3) is 11.1 Å². The number of nitrogens with one attached hydrogen (secondary N) is 1. The Hall–Kier alpha value is -2.55. The lowest BCUT2D eigenvalue weighted by molar-refractivity contribution is -0.119. The predicted molar refractivity (Wildman–Crippen MR) is 86.5 cm³/mol. The van der Waals surface area contributed by atoms with Crippen molar-refractivity contribution in [2.45, 2.75) is 20.3 Å². The zero-order valence-corrected chi connectivity index (χ0v) is 12.4. The number of carbonyl (C=O) groups excluding carboxylic acids is 1. The highest BCUT2D eigenvalue weighted by molar-refractivity contribution is 5.82. The van der Waals surface area contributed by atoms with E-state index in [1.165, 1.54) is 0 Å². The van der Waals surface area contributed by atoms with Gasteiger partial charge in [0.25, 0.3) is 0 Å². The Balaban J connectivity index is 2.38. The molecule has 0 fully saturated rings. The fourth-order valence-electron chi connectivity index (χ4n) is 2.48. The van der Waals surface area contributed by atoms with E-state index in [2.05, 4.69) is 43.1 Å². The Morgan fingerprint density at radius 2 is 1.81 bits per heavy atom. The second kappa shape index (κ2) is 6.27. The summed E-state index contributed by atoms with van der Waals surface area (Å²) >= 11 is 0. The molecule has 2 rings (SSSR count). The predicted octanol–water partition coefficient (Wildman–Crippen LogP) is 3.06. The molecule has 3 heteroatoms. The summed E-state index contributed by atoms with van der Waals surface area (Å²) < 4.78 is 0. The molecule has 2 aromatic carbocycles. The largest absolute Gasteiger partial charge is 0.386 e. The third-order valence-corrected chi connectivity index (χ3v) is 3.55. The molecule has 0 aliphatic rings. The molecule has 3 nitrogen and oxygen atoms in total. The second-order valence-electron chi connectivity index (χ2n) is 5.15. The molecule has 0 radical (unpaired) electrons. The van der Waals surface area contributed by atoms with Crippen LogP contribution in [-0.4, -0.2) is 5.91 Å². The Kier molecular flexibility index (Phi) is 4.43. The van der Waals surface area contributed by atoms with Gasteiger partial charge in [0.15, 0.2) is 0 Å². The molecule has 108 valence electrons. The lowest BCUT2D eigenvalue weighted by Crippen LogP contribution is -2.28. The van der Waals surface area contributed by atoms with E-state index in [4.69, 9.17) is 5.73 Å². The molecular weight excluding hydrogens is 260 g/mol. The van der Waals surface area contributed by atoms with Gasteiger partial charge in [0.1, 0.15) is 0 Å². The Bertz CT molecular complexity index is 675. The van der Waals surface area contributed by atoms with E-state index in [-0.39, 0.29) is 11.7 Å². The van der Waals surface area contributed by atoms with Crippen molar-refractivity contribution in [1.29, 1.82) is 0 Å². The van der Waals surface area contributed by atoms with Crippen LogP contribution in [0.1, 0.15) is 16.7 Å². The summed E-state index contributed by atoms with van der Waals surface area (Å²) in [5.74, 6) is 0.0356. The maximum Gasteiger partial charge on any atom is 0.229 e. The van der Waals surface area contributed by atoms with E-state index < -0.39 is 0 Å². The third-order valence-electron chi connectivity index (χ3n) is 3.55. The number of hydrogen-bond acceptors (Lipinski definition) is 2. The molecule has 0 heterocycles. The first-order valence-corrected chi connectivity index (χ1v) is 6.87. The Morgan fingerprint density at radius 3 is 2.43 bits per heavy atom. The van der Waals surface area contributed by atoms with Crippen molar-refractivity contribution in [2.75, 3.05) is 0 Å². The summed E-state index contributed by atoms with van der Waals surface area (Å²) in [5.41, 5.74) is 11.0. The van der Waals surface area contributed by atoms with Crippen LogP contribution >= 0.6 is 0 Å². The highest BCUT2D eigenvalue weighted by atomic mass is 16.1. The summed E-state index contributed by atoms with van der Waals surface area (Å²) in [7, 11) is 0. The SMILES string of the molecule is C=C(N)NC(=O)Cc1c(C)ccc(-c2ccccc2)c1C. The summed E-state index contributed by atoms with van der Waals surface area (Å²) in [6.07, 6.45) is 0.300. The minimum atomic E-state index is -0.140. The van der Waals surface area contributed by atoms with Crippen LogP contribution < -0.4 is 11.1 Å². The van der Waals surface area contributed by atoms with Gasteiger partial charge in [-0.2, -0.15) is 0 Å². The van der Waals surface area contributed by atoms with Crippen LogP contribution in [0.4, 0.5) is 0 Å². The average molecular weight is 280 g/mol. The minimum Gasteiger partial charge on any atom is -0.386 e. The van der Waals surface area contributed by atoms with Gasteiger partial charge >= 0.3 is 0 Å². The number of rotatable bonds is 4. The second-order valence-corrected chi connectivity index (χ2v) is 5.15.